The second-order valence-corrected chi connectivity index (χ2v) is 3.84. The van der Waals surface area contributed by atoms with E-state index in [1.54, 1.807) is 18.2 Å². The molecule has 0 bridgehead atoms. The van der Waals surface area contributed by atoms with Crippen LogP contribution in [0.15, 0.2) is 30.3 Å². The molecule has 0 unspecified atom stereocenters. The maximum absolute atomic E-state index is 11.9. The van der Waals surface area contributed by atoms with Crippen LogP contribution in [0.2, 0.25) is 0 Å². The fourth-order valence-electron chi connectivity index (χ4n) is 0.936. The average molecular weight is 261 g/mol. The third kappa shape index (κ3) is 9.72. The number of halogens is 2. The van der Waals surface area contributed by atoms with E-state index >= 15 is 0 Å². The number of benzene rings is 1. The third-order valence-corrected chi connectivity index (χ3v) is 2.28. The molecule has 14 heavy (non-hydrogen) atoms. The van der Waals surface area contributed by atoms with Crippen LogP contribution in [0.5, 0.6) is 0 Å². The highest BCUT2D eigenvalue weighted by Crippen LogP contribution is 1.99. The second-order valence-electron chi connectivity index (χ2n) is 3.05. The minimum absolute atomic E-state index is 0.178. The first-order valence-corrected chi connectivity index (χ1v) is 6.20. The van der Waals surface area contributed by atoms with E-state index in [1.807, 2.05) is 0 Å². The zero-order chi connectivity index (χ0) is 10.6. The molecular weight excluding hydrogens is 243 g/mol. The van der Waals surface area contributed by atoms with Crippen molar-refractivity contribution in [3.63, 3.8) is 0 Å². The maximum atomic E-state index is 11.9. The topological polar surface area (TPSA) is 0 Å². The van der Waals surface area contributed by atoms with Crippen LogP contribution < -0.4 is 0 Å². The molecule has 0 spiro atoms. The van der Waals surface area contributed by atoms with Gasteiger partial charge in [0, 0.05) is 5.33 Å². The quantitative estimate of drug-likeness (QED) is 0.540. The van der Waals surface area contributed by atoms with Crippen molar-refractivity contribution in [2.45, 2.75) is 32.6 Å². The Labute approximate surface area is 94.7 Å². The molecule has 2 heteroatoms. The third-order valence-electron chi connectivity index (χ3n) is 1.72. The van der Waals surface area contributed by atoms with E-state index < -0.39 is 0 Å². The monoisotopic (exact) mass is 260 g/mol. The molecule has 0 N–H and O–H groups in total. The highest BCUT2D eigenvalue weighted by Gasteiger charge is 1.81. The first-order chi connectivity index (χ1) is 6.81. The predicted molar refractivity (Wildman–Crippen MR) is 64.3 cm³/mol. The molecule has 0 amide bonds. The number of hydrogen-bond donors (Lipinski definition) is 0. The Morgan fingerprint density at radius 2 is 1.71 bits per heavy atom. The summed E-state index contributed by atoms with van der Waals surface area (Å²) < 4.78 is 11.9. The molecule has 0 heterocycles. The molecule has 0 aliphatic heterocycles. The molecule has 1 aromatic rings. The maximum Gasteiger partial charge on any atom is 0.123 e. The lowest BCUT2D eigenvalue weighted by molar-refractivity contribution is 0.628. The van der Waals surface area contributed by atoms with Gasteiger partial charge in [-0.2, -0.15) is 0 Å². The Morgan fingerprint density at radius 1 is 1.07 bits per heavy atom. The predicted octanol–water partition coefficient (Wildman–Crippen LogP) is 4.79. The smallest absolute Gasteiger partial charge is 0.123 e. The van der Waals surface area contributed by atoms with E-state index in [1.165, 1.54) is 43.1 Å². The van der Waals surface area contributed by atoms with Gasteiger partial charge >= 0.3 is 0 Å². The molecule has 0 fully saturated rings. The van der Waals surface area contributed by atoms with Crippen LogP contribution in [-0.4, -0.2) is 5.33 Å². The van der Waals surface area contributed by atoms with Crippen molar-refractivity contribution in [1.29, 1.82) is 0 Å². The molecule has 80 valence electrons. The van der Waals surface area contributed by atoms with Crippen molar-refractivity contribution in [2.24, 2.45) is 0 Å². The number of alkyl halides is 1. The Bertz CT molecular complexity index is 195. The molecule has 0 aromatic heterocycles. The zero-order valence-electron chi connectivity index (χ0n) is 8.68. The summed E-state index contributed by atoms with van der Waals surface area (Å²) in [5, 5.41) is 1.17. The minimum atomic E-state index is -0.178. The van der Waals surface area contributed by atoms with Crippen LogP contribution in [0, 0.1) is 5.82 Å². The summed E-state index contributed by atoms with van der Waals surface area (Å²) in [6.07, 6.45) is 5.47. The lowest BCUT2D eigenvalue weighted by atomic mass is 10.2. The van der Waals surface area contributed by atoms with Gasteiger partial charge in [-0.15, -0.1) is 0 Å². The van der Waals surface area contributed by atoms with Crippen molar-refractivity contribution in [3.05, 3.63) is 36.1 Å². The van der Waals surface area contributed by atoms with Gasteiger partial charge < -0.3 is 0 Å². The van der Waals surface area contributed by atoms with E-state index in [9.17, 15) is 4.39 Å². The zero-order valence-corrected chi connectivity index (χ0v) is 10.3. The highest BCUT2D eigenvalue weighted by atomic mass is 79.9. The summed E-state index contributed by atoms with van der Waals surface area (Å²) in [6.45, 7) is 2.23. The summed E-state index contributed by atoms with van der Waals surface area (Å²) in [5.41, 5.74) is 0. The van der Waals surface area contributed by atoms with Gasteiger partial charge in [0.05, 0.1) is 0 Å². The van der Waals surface area contributed by atoms with E-state index in [-0.39, 0.29) is 5.82 Å². The van der Waals surface area contributed by atoms with Gasteiger partial charge in [0.1, 0.15) is 5.82 Å². The van der Waals surface area contributed by atoms with Crippen LogP contribution in [0.4, 0.5) is 4.39 Å². The van der Waals surface area contributed by atoms with Crippen LogP contribution >= 0.6 is 15.9 Å². The lowest BCUT2D eigenvalue weighted by Crippen LogP contribution is -1.73. The Hall–Kier alpha value is -0.370. The van der Waals surface area contributed by atoms with Crippen LogP contribution in [0.25, 0.3) is 0 Å². The molecule has 0 radical (unpaired) electrons. The molecule has 0 nitrogen and oxygen atoms in total. The first-order valence-electron chi connectivity index (χ1n) is 5.07. The van der Waals surface area contributed by atoms with Gasteiger partial charge in [-0.25, -0.2) is 4.39 Å². The van der Waals surface area contributed by atoms with Crippen LogP contribution in [0.1, 0.15) is 32.6 Å². The lowest BCUT2D eigenvalue weighted by Gasteiger charge is -1.89. The van der Waals surface area contributed by atoms with E-state index in [2.05, 4.69) is 22.9 Å². The van der Waals surface area contributed by atoms with Crippen molar-refractivity contribution in [3.8, 4) is 0 Å². The second kappa shape index (κ2) is 10.7. The Morgan fingerprint density at radius 3 is 2.07 bits per heavy atom. The van der Waals surface area contributed by atoms with Crippen molar-refractivity contribution >= 4 is 15.9 Å². The largest absolute Gasteiger partial charge is 0.207 e. The summed E-state index contributed by atoms with van der Waals surface area (Å²) in [4.78, 5) is 0. The highest BCUT2D eigenvalue weighted by molar-refractivity contribution is 9.09. The number of hydrogen-bond acceptors (Lipinski definition) is 0. The number of rotatable bonds is 4. The first kappa shape index (κ1) is 13.6. The molecule has 0 atom stereocenters. The Kier molecular flexibility index (Phi) is 10.4. The summed E-state index contributed by atoms with van der Waals surface area (Å²) >= 11 is 3.38. The summed E-state index contributed by atoms with van der Waals surface area (Å²) in [5.74, 6) is -0.178. The molecule has 0 aliphatic rings. The van der Waals surface area contributed by atoms with Gasteiger partial charge in [-0.1, -0.05) is 60.3 Å². The molecule has 0 aliphatic carbocycles. The molecule has 1 rings (SSSR count). The standard InChI is InChI=1S/C6H13Br.C6H5F/c1-2-3-4-5-6-7;7-6-4-2-1-3-5-6/h2-6H2,1H3;1-5H. The fraction of sp³-hybridized carbons (Fsp3) is 0.500. The van der Waals surface area contributed by atoms with Gasteiger partial charge in [0.15, 0.2) is 0 Å². The van der Waals surface area contributed by atoms with Crippen molar-refractivity contribution in [2.75, 3.05) is 5.33 Å². The van der Waals surface area contributed by atoms with Crippen LogP contribution in [-0.2, 0) is 0 Å². The van der Waals surface area contributed by atoms with Crippen molar-refractivity contribution < 1.29 is 4.39 Å². The minimum Gasteiger partial charge on any atom is -0.207 e. The van der Waals surface area contributed by atoms with Gasteiger partial charge in [0.2, 0.25) is 0 Å². The van der Waals surface area contributed by atoms with Gasteiger partial charge in [-0.05, 0) is 18.6 Å². The van der Waals surface area contributed by atoms with Gasteiger partial charge in [-0.3, -0.25) is 0 Å². The van der Waals surface area contributed by atoms with E-state index in [4.69, 9.17) is 0 Å². The van der Waals surface area contributed by atoms with Gasteiger partial charge in [0.25, 0.3) is 0 Å². The molecule has 0 saturated heterocycles. The fourth-order valence-corrected chi connectivity index (χ4v) is 1.33. The SMILES string of the molecule is CCCCCCBr.Fc1ccccc1. The van der Waals surface area contributed by atoms with E-state index in [0.717, 1.165) is 0 Å². The molecule has 0 saturated carbocycles. The number of unbranched alkanes of at least 4 members (excludes halogenated alkanes) is 3. The van der Waals surface area contributed by atoms with Crippen molar-refractivity contribution in [1.82, 2.24) is 0 Å². The average Bonchev–Trinajstić information content (AvgIpc) is 2.21. The molecule has 1 aromatic carbocycles. The normalized spacial score (nSPS) is 9.07. The summed E-state index contributed by atoms with van der Waals surface area (Å²) in [6, 6.07) is 7.94. The summed E-state index contributed by atoms with van der Waals surface area (Å²) in [7, 11) is 0. The molecular formula is C12H18BrF. The van der Waals surface area contributed by atoms with E-state index in [0.29, 0.717) is 0 Å². The Balaban J connectivity index is 0.000000241. The van der Waals surface area contributed by atoms with Crippen LogP contribution in [0.3, 0.4) is 0 Å².